The van der Waals surface area contributed by atoms with Gasteiger partial charge in [0.05, 0.1) is 23.6 Å². The molecule has 4 fully saturated rings. The van der Waals surface area contributed by atoms with Crippen LogP contribution in [0.15, 0.2) is 83.7 Å². The van der Waals surface area contributed by atoms with Crippen molar-refractivity contribution >= 4 is 64.2 Å². The Hall–Kier alpha value is -7.55. The van der Waals surface area contributed by atoms with Crippen molar-refractivity contribution in [3.8, 4) is 0 Å². The minimum absolute atomic E-state index is 0.0901. The summed E-state index contributed by atoms with van der Waals surface area (Å²) in [6.07, 6.45) is 0.454. The Bertz CT molecular complexity index is 2780. The van der Waals surface area contributed by atoms with Crippen molar-refractivity contribution < 1.29 is 43.1 Å². The number of carbonyl (C=O) groups excluding carboxylic acids is 8. The normalized spacial score (nSPS) is 21.1. The number of aryl methyl sites for hydroxylation is 1. The molecule has 4 aliphatic rings. The minimum Gasteiger partial charge on any atom is -0.444 e. The van der Waals surface area contributed by atoms with Gasteiger partial charge in [-0.15, -0.1) is 0 Å². The van der Waals surface area contributed by atoms with Gasteiger partial charge in [0.2, 0.25) is 41.4 Å². The molecule has 21 nitrogen and oxygen atoms in total. The van der Waals surface area contributed by atoms with Gasteiger partial charge in [-0.05, 0) is 82.2 Å². The molecule has 74 heavy (non-hydrogen) atoms. The summed E-state index contributed by atoms with van der Waals surface area (Å²) in [6.45, 7) is 8.20. The molecule has 1 aromatic heterocycles. The molecule has 5 heterocycles. The summed E-state index contributed by atoms with van der Waals surface area (Å²) in [4.78, 5) is 128. The maximum Gasteiger partial charge on any atom is 0.408 e. The number of hydrogen-bond acceptors (Lipinski definition) is 12. The molecule has 5 atom stereocenters. The second kappa shape index (κ2) is 22.7. The summed E-state index contributed by atoms with van der Waals surface area (Å²) in [5, 5.41) is 10.9. The highest BCUT2D eigenvalue weighted by Crippen LogP contribution is 2.31. The monoisotopic (exact) mass is 1020 g/mol. The van der Waals surface area contributed by atoms with Crippen molar-refractivity contribution in [1.29, 1.82) is 0 Å². The van der Waals surface area contributed by atoms with Crippen LogP contribution in [0.4, 0.5) is 10.5 Å². The number of benzene rings is 3. The fraction of sp³-hybridized carbons (Fsp3) is 0.491. The second-order valence-electron chi connectivity index (χ2n) is 20.6. The largest absolute Gasteiger partial charge is 0.444 e. The summed E-state index contributed by atoms with van der Waals surface area (Å²) < 4.78 is 8.53. The number of piperazine rings is 1. The number of aromatic nitrogens is 2. The number of imidazole rings is 1. The van der Waals surface area contributed by atoms with Crippen LogP contribution < -0.4 is 37.6 Å². The summed E-state index contributed by atoms with van der Waals surface area (Å²) in [7, 11) is 1.66. The molecular weight excluding hydrogens is 951 g/mol. The van der Waals surface area contributed by atoms with Gasteiger partial charge >= 0.3 is 11.8 Å². The Labute approximate surface area is 429 Å². The standard InChI is InChI=1S/C53H67N11O10/c1-53(2,3)74-51(72)56-38-32-62(45(67)24-25-60-27-29-61(30-28-60)36-16-18-39-42(31-36)59(4)52(73)64(39)41-20-22-44(66)57-49(41)70)26-23-35-15-19-40(63(35)50(38)71)48(69)55-37(17-21-43(54)65)47(68)58-46(33-11-7-5-8-12-33)34-13-9-6-10-14-34/h5-14,16,18,31,35,37-38,40-41,46H,15,17,19-30,32H2,1-4H3,(H2,54,65)(H,55,69)(H,56,72)(H,58,68)(H,57,66,70)/t35-,37+,38+,40+,41?/m1/s1. The number of amides is 8. The highest BCUT2D eigenvalue weighted by molar-refractivity contribution is 6.00. The SMILES string of the molecule is Cn1c(=O)n(C2CCC(=O)NC2=O)c2ccc(N3CCN(CCC(=O)N4CC[C@H]5CC[C@@H](C(=O)N[C@@H](CCC(N)=O)C(=O)NC(c6ccccc6)c6ccccc6)N5C(=O)[C@@H](NC(=O)OC(C)(C)C)C4)CC3)cc21. The van der Waals surface area contributed by atoms with Crippen LogP contribution in [0, 0.1) is 0 Å². The van der Waals surface area contributed by atoms with E-state index in [0.29, 0.717) is 56.6 Å². The lowest BCUT2D eigenvalue weighted by atomic mass is 9.98. The van der Waals surface area contributed by atoms with Crippen molar-refractivity contribution in [3.63, 3.8) is 0 Å². The molecule has 0 saturated carbocycles. The molecule has 0 radical (unpaired) electrons. The third-order valence-electron chi connectivity index (χ3n) is 14.4. The van der Waals surface area contributed by atoms with E-state index in [1.54, 1.807) is 32.7 Å². The van der Waals surface area contributed by atoms with Gasteiger partial charge in [0.15, 0.2) is 0 Å². The van der Waals surface area contributed by atoms with Crippen molar-refractivity contribution in [2.75, 3.05) is 50.7 Å². The molecule has 4 aliphatic heterocycles. The lowest BCUT2D eigenvalue weighted by molar-refractivity contribution is -0.146. The molecule has 0 bridgehead atoms. The summed E-state index contributed by atoms with van der Waals surface area (Å²) in [5.41, 5.74) is 8.07. The van der Waals surface area contributed by atoms with Crippen LogP contribution in [0.1, 0.15) is 95.3 Å². The zero-order valence-corrected chi connectivity index (χ0v) is 42.4. The first-order valence-electron chi connectivity index (χ1n) is 25.5. The molecule has 8 rings (SSSR count). The van der Waals surface area contributed by atoms with Crippen LogP contribution in [0.2, 0.25) is 0 Å². The van der Waals surface area contributed by atoms with E-state index < -0.39 is 77.5 Å². The number of nitrogens with two attached hydrogens (primary N) is 1. The van der Waals surface area contributed by atoms with Gasteiger partial charge in [-0.1, -0.05) is 60.7 Å². The third kappa shape index (κ3) is 12.3. The number of ether oxygens (including phenoxy) is 1. The molecule has 4 saturated heterocycles. The smallest absolute Gasteiger partial charge is 0.408 e. The molecular formula is C53H67N11O10. The number of anilines is 1. The van der Waals surface area contributed by atoms with Gasteiger partial charge in [-0.3, -0.25) is 52.9 Å². The number of fused-ring (bicyclic) bond motifs is 2. The number of rotatable bonds is 15. The lowest BCUT2D eigenvalue weighted by Crippen LogP contribution is -2.62. The van der Waals surface area contributed by atoms with Crippen molar-refractivity contribution in [2.24, 2.45) is 12.8 Å². The van der Waals surface area contributed by atoms with Crippen LogP contribution in [0.3, 0.4) is 0 Å². The van der Waals surface area contributed by atoms with E-state index in [1.807, 2.05) is 78.9 Å². The fourth-order valence-corrected chi connectivity index (χ4v) is 10.6. The predicted octanol–water partition coefficient (Wildman–Crippen LogP) is 1.97. The Morgan fingerprint density at radius 2 is 1.47 bits per heavy atom. The van der Waals surface area contributed by atoms with Crippen LogP contribution in [0.25, 0.3) is 11.0 Å². The van der Waals surface area contributed by atoms with E-state index >= 15 is 0 Å². The van der Waals surface area contributed by atoms with Gasteiger partial charge in [-0.25, -0.2) is 9.59 Å². The van der Waals surface area contributed by atoms with Crippen molar-refractivity contribution in [3.05, 3.63) is 100 Å². The number of carbonyl (C=O) groups is 8. The van der Waals surface area contributed by atoms with Gasteiger partial charge in [0, 0.05) is 77.3 Å². The highest BCUT2D eigenvalue weighted by atomic mass is 16.6. The number of piperidine rings is 1. The van der Waals surface area contributed by atoms with Crippen LogP contribution >= 0.6 is 0 Å². The van der Waals surface area contributed by atoms with Crippen LogP contribution in [0.5, 0.6) is 0 Å². The Morgan fingerprint density at radius 3 is 2.11 bits per heavy atom. The fourth-order valence-electron chi connectivity index (χ4n) is 10.6. The maximum absolute atomic E-state index is 14.8. The topological polar surface area (TPSA) is 260 Å². The van der Waals surface area contributed by atoms with E-state index in [0.717, 1.165) is 16.8 Å². The van der Waals surface area contributed by atoms with Crippen molar-refractivity contribution in [2.45, 2.75) is 114 Å². The number of nitrogens with zero attached hydrogens (tertiary/aromatic N) is 6. The van der Waals surface area contributed by atoms with Gasteiger partial charge in [-0.2, -0.15) is 0 Å². The summed E-state index contributed by atoms with van der Waals surface area (Å²) in [6, 6.07) is 19.1. The molecule has 21 heteroatoms. The average Bonchev–Trinajstić information content (AvgIpc) is 3.90. The van der Waals surface area contributed by atoms with Gasteiger partial charge < -0.3 is 41.1 Å². The maximum atomic E-state index is 14.8. The number of nitrogens with one attached hydrogen (secondary N) is 4. The average molecular weight is 1020 g/mol. The van der Waals surface area contributed by atoms with E-state index in [-0.39, 0.29) is 69.1 Å². The van der Waals surface area contributed by atoms with Gasteiger partial charge in [0.1, 0.15) is 29.8 Å². The quantitative estimate of drug-likeness (QED) is 0.107. The van der Waals surface area contributed by atoms with Crippen molar-refractivity contribution in [1.82, 2.24) is 45.1 Å². The summed E-state index contributed by atoms with van der Waals surface area (Å²) in [5.74, 6) is -3.40. The minimum atomic E-state index is -1.27. The number of alkyl carbamates (subject to hydrolysis) is 1. The number of primary amides is 1. The van der Waals surface area contributed by atoms with E-state index in [2.05, 4.69) is 31.1 Å². The highest BCUT2D eigenvalue weighted by Gasteiger charge is 2.46. The zero-order chi connectivity index (χ0) is 52.8. The number of imide groups is 1. The molecule has 394 valence electrons. The first-order chi connectivity index (χ1) is 35.3. The third-order valence-corrected chi connectivity index (χ3v) is 14.4. The first kappa shape index (κ1) is 52.8. The first-order valence-corrected chi connectivity index (χ1v) is 25.5. The Balaban J connectivity index is 0.915. The molecule has 0 spiro atoms. The molecule has 1 unspecified atom stereocenters. The molecule has 0 aliphatic carbocycles. The van der Waals surface area contributed by atoms with Gasteiger partial charge in [0.25, 0.3) is 0 Å². The molecule has 3 aromatic carbocycles. The van der Waals surface area contributed by atoms with E-state index in [9.17, 15) is 43.2 Å². The Morgan fingerprint density at radius 1 is 0.797 bits per heavy atom. The Kier molecular flexibility index (Phi) is 16.2. The second-order valence-corrected chi connectivity index (χ2v) is 20.6. The van der Waals surface area contributed by atoms with Crippen LogP contribution in [-0.4, -0.2) is 147 Å². The zero-order valence-electron chi connectivity index (χ0n) is 42.4. The predicted molar refractivity (Wildman–Crippen MR) is 273 cm³/mol. The van der Waals surface area contributed by atoms with E-state index in [4.69, 9.17) is 10.5 Å². The molecule has 4 aromatic rings. The molecule has 8 amide bonds. The summed E-state index contributed by atoms with van der Waals surface area (Å²) >= 11 is 0. The van der Waals surface area contributed by atoms with Crippen LogP contribution in [-0.2, 0) is 45.3 Å². The molecule has 6 N–H and O–H groups in total. The number of hydrogen-bond donors (Lipinski definition) is 5. The lowest BCUT2D eigenvalue weighted by Gasteiger charge is -2.39. The van der Waals surface area contributed by atoms with E-state index in [1.165, 1.54) is 14.0 Å².